The molecule has 2 amide bonds. The highest BCUT2D eigenvalue weighted by molar-refractivity contribution is 9.11. The maximum atomic E-state index is 12.8. The summed E-state index contributed by atoms with van der Waals surface area (Å²) >= 11 is 6.73. The lowest BCUT2D eigenvalue weighted by atomic mass is 9.91. The maximum Gasteiger partial charge on any atom is 0.276 e. The molecule has 7 heteroatoms. The first-order chi connectivity index (χ1) is 14.0. The van der Waals surface area contributed by atoms with Crippen molar-refractivity contribution < 1.29 is 14.3 Å². The van der Waals surface area contributed by atoms with Crippen LogP contribution in [0.3, 0.4) is 0 Å². The van der Waals surface area contributed by atoms with Crippen molar-refractivity contribution in [1.82, 2.24) is 10.9 Å². The van der Waals surface area contributed by atoms with Crippen LogP contribution >= 0.6 is 31.9 Å². The number of hydrogen-bond acceptors (Lipinski definition) is 3. The Morgan fingerprint density at radius 1 is 0.828 bits per heavy atom. The van der Waals surface area contributed by atoms with E-state index >= 15 is 0 Å². The first-order valence-corrected chi connectivity index (χ1v) is 10.4. The molecule has 0 bridgehead atoms. The van der Waals surface area contributed by atoms with Crippen molar-refractivity contribution in [3.05, 3.63) is 98.9 Å². The van der Waals surface area contributed by atoms with Crippen molar-refractivity contribution in [2.45, 2.75) is 5.92 Å². The molecule has 0 aliphatic carbocycles. The number of amides is 2. The predicted octanol–water partition coefficient (Wildman–Crippen LogP) is 4.57. The summed E-state index contributed by atoms with van der Waals surface area (Å²) in [5, 5.41) is 0. The van der Waals surface area contributed by atoms with E-state index < -0.39 is 11.8 Å². The molecular formula is C22H18Br2N2O3. The molecular weight excluding hydrogens is 500 g/mol. The fourth-order valence-electron chi connectivity index (χ4n) is 2.76. The summed E-state index contributed by atoms with van der Waals surface area (Å²) in [6.07, 6.45) is 0. The smallest absolute Gasteiger partial charge is 0.276 e. The Balaban J connectivity index is 1.62. The Bertz CT molecular complexity index is 942. The normalized spacial score (nSPS) is 10.4. The maximum absolute atomic E-state index is 12.8. The topological polar surface area (TPSA) is 67.4 Å². The number of hydrazine groups is 1. The Labute approximate surface area is 185 Å². The number of carbonyl (C=O) groups is 2. The standard InChI is InChI=1S/C22H18Br2N2O3/c23-17-11-12-19(18(24)13-17)29-14-20(27)25-26-22(28)21(15-7-3-1-4-8-15)16-9-5-2-6-10-16/h1-13,21H,14H2,(H,25,27)(H,26,28). The van der Waals surface area contributed by atoms with E-state index in [0.717, 1.165) is 20.1 Å². The van der Waals surface area contributed by atoms with Crippen LogP contribution in [0.15, 0.2) is 87.8 Å². The molecule has 0 atom stereocenters. The summed E-state index contributed by atoms with van der Waals surface area (Å²) in [7, 11) is 0. The van der Waals surface area contributed by atoms with Crippen LogP contribution in [-0.2, 0) is 9.59 Å². The predicted molar refractivity (Wildman–Crippen MR) is 118 cm³/mol. The van der Waals surface area contributed by atoms with Crippen LogP contribution in [0, 0.1) is 0 Å². The Kier molecular flexibility index (Phi) is 7.43. The van der Waals surface area contributed by atoms with Gasteiger partial charge in [0.25, 0.3) is 5.91 Å². The van der Waals surface area contributed by atoms with Crippen LogP contribution in [-0.4, -0.2) is 18.4 Å². The van der Waals surface area contributed by atoms with Gasteiger partial charge in [0.1, 0.15) is 5.75 Å². The molecule has 29 heavy (non-hydrogen) atoms. The van der Waals surface area contributed by atoms with Crippen LogP contribution in [0.4, 0.5) is 0 Å². The van der Waals surface area contributed by atoms with E-state index in [-0.39, 0.29) is 12.5 Å². The zero-order valence-corrected chi connectivity index (χ0v) is 18.4. The summed E-state index contributed by atoms with van der Waals surface area (Å²) in [4.78, 5) is 25.0. The number of benzene rings is 3. The lowest BCUT2D eigenvalue weighted by Crippen LogP contribution is -2.46. The van der Waals surface area contributed by atoms with Crippen LogP contribution < -0.4 is 15.6 Å². The summed E-state index contributed by atoms with van der Waals surface area (Å²) in [6, 6.07) is 24.2. The van der Waals surface area contributed by atoms with Gasteiger partial charge in [-0.1, -0.05) is 76.6 Å². The summed E-state index contributed by atoms with van der Waals surface area (Å²) in [5.74, 6) is -0.811. The first-order valence-electron chi connectivity index (χ1n) is 8.81. The van der Waals surface area contributed by atoms with Gasteiger partial charge in [-0.25, -0.2) is 0 Å². The molecule has 5 nitrogen and oxygen atoms in total. The Morgan fingerprint density at radius 3 is 1.97 bits per heavy atom. The van der Waals surface area contributed by atoms with E-state index in [4.69, 9.17) is 4.74 Å². The molecule has 0 unspecified atom stereocenters. The highest BCUT2D eigenvalue weighted by Gasteiger charge is 2.23. The number of carbonyl (C=O) groups excluding carboxylic acids is 2. The van der Waals surface area contributed by atoms with Gasteiger partial charge in [-0.15, -0.1) is 0 Å². The van der Waals surface area contributed by atoms with E-state index in [2.05, 4.69) is 42.7 Å². The summed E-state index contributed by atoms with van der Waals surface area (Å²) in [6.45, 7) is -0.234. The number of rotatable bonds is 6. The van der Waals surface area contributed by atoms with Gasteiger partial charge in [-0.05, 0) is 45.3 Å². The van der Waals surface area contributed by atoms with E-state index in [1.54, 1.807) is 6.07 Å². The average Bonchev–Trinajstić information content (AvgIpc) is 2.73. The minimum atomic E-state index is -0.542. The number of halogens is 2. The molecule has 3 aromatic rings. The third-order valence-corrected chi connectivity index (χ3v) is 5.22. The third kappa shape index (κ3) is 5.92. The second-order valence-electron chi connectivity index (χ2n) is 6.16. The SMILES string of the molecule is O=C(COc1ccc(Br)cc1Br)NNC(=O)C(c1ccccc1)c1ccccc1. The lowest BCUT2D eigenvalue weighted by molar-refractivity contribution is -0.130. The van der Waals surface area contributed by atoms with Crippen LogP contribution in [0.1, 0.15) is 17.0 Å². The fourth-order valence-corrected chi connectivity index (χ4v) is 3.92. The molecule has 0 saturated carbocycles. The first kappa shape index (κ1) is 21.1. The van der Waals surface area contributed by atoms with E-state index in [0.29, 0.717) is 5.75 Å². The molecule has 0 heterocycles. The highest BCUT2D eigenvalue weighted by atomic mass is 79.9. The second-order valence-corrected chi connectivity index (χ2v) is 7.93. The van der Waals surface area contributed by atoms with Gasteiger partial charge in [0.15, 0.2) is 6.61 Å². The minimum Gasteiger partial charge on any atom is -0.483 e. The molecule has 0 spiro atoms. The molecule has 3 rings (SSSR count). The zero-order chi connectivity index (χ0) is 20.6. The van der Waals surface area contributed by atoms with Crippen LogP contribution in [0.5, 0.6) is 5.75 Å². The van der Waals surface area contributed by atoms with Gasteiger partial charge in [-0.3, -0.25) is 20.4 Å². The quantitative estimate of drug-likeness (QED) is 0.471. The Hall–Kier alpha value is -2.64. The Morgan fingerprint density at radius 2 is 1.41 bits per heavy atom. The largest absolute Gasteiger partial charge is 0.483 e. The van der Waals surface area contributed by atoms with Crippen molar-refractivity contribution in [3.63, 3.8) is 0 Å². The van der Waals surface area contributed by atoms with Crippen molar-refractivity contribution in [3.8, 4) is 5.75 Å². The molecule has 148 valence electrons. The van der Waals surface area contributed by atoms with Crippen LogP contribution in [0.25, 0.3) is 0 Å². The van der Waals surface area contributed by atoms with Gasteiger partial charge in [-0.2, -0.15) is 0 Å². The van der Waals surface area contributed by atoms with Gasteiger partial charge >= 0.3 is 0 Å². The highest BCUT2D eigenvalue weighted by Crippen LogP contribution is 2.28. The molecule has 3 aromatic carbocycles. The summed E-state index contributed by atoms with van der Waals surface area (Å²) < 4.78 is 7.09. The van der Waals surface area contributed by atoms with Crippen molar-refractivity contribution >= 4 is 43.7 Å². The molecule has 0 aliphatic heterocycles. The molecule has 2 N–H and O–H groups in total. The van der Waals surface area contributed by atoms with Gasteiger partial charge in [0, 0.05) is 4.47 Å². The number of hydrogen-bond donors (Lipinski definition) is 2. The van der Waals surface area contributed by atoms with Crippen molar-refractivity contribution in [2.75, 3.05) is 6.61 Å². The number of nitrogens with one attached hydrogen (secondary N) is 2. The molecule has 0 saturated heterocycles. The van der Waals surface area contributed by atoms with Crippen molar-refractivity contribution in [1.29, 1.82) is 0 Å². The average molecular weight is 518 g/mol. The lowest BCUT2D eigenvalue weighted by Gasteiger charge is -2.18. The molecule has 0 aromatic heterocycles. The van der Waals surface area contributed by atoms with Crippen LogP contribution in [0.2, 0.25) is 0 Å². The van der Waals surface area contributed by atoms with E-state index in [9.17, 15) is 9.59 Å². The fraction of sp³-hybridized carbons (Fsp3) is 0.0909. The minimum absolute atomic E-state index is 0.234. The number of ether oxygens (including phenoxy) is 1. The second kappa shape index (κ2) is 10.2. The van der Waals surface area contributed by atoms with E-state index in [1.807, 2.05) is 72.8 Å². The van der Waals surface area contributed by atoms with Crippen molar-refractivity contribution in [2.24, 2.45) is 0 Å². The third-order valence-electron chi connectivity index (χ3n) is 4.11. The van der Waals surface area contributed by atoms with Gasteiger partial charge in [0.05, 0.1) is 10.4 Å². The molecule has 0 radical (unpaired) electrons. The van der Waals surface area contributed by atoms with Gasteiger partial charge in [0.2, 0.25) is 5.91 Å². The molecule has 0 fully saturated rings. The van der Waals surface area contributed by atoms with Gasteiger partial charge < -0.3 is 4.74 Å². The monoisotopic (exact) mass is 516 g/mol. The summed E-state index contributed by atoms with van der Waals surface area (Å²) in [5.41, 5.74) is 6.58. The van der Waals surface area contributed by atoms with E-state index in [1.165, 1.54) is 0 Å². The molecule has 0 aliphatic rings. The zero-order valence-electron chi connectivity index (χ0n) is 15.3.